The van der Waals surface area contributed by atoms with Crippen molar-refractivity contribution >= 4 is 27.9 Å². The summed E-state index contributed by atoms with van der Waals surface area (Å²) in [5.74, 6) is 0.824. The van der Waals surface area contributed by atoms with Crippen LogP contribution in [0.3, 0.4) is 0 Å². The van der Waals surface area contributed by atoms with E-state index >= 15 is 0 Å². The van der Waals surface area contributed by atoms with Crippen molar-refractivity contribution in [3.8, 4) is 21.7 Å². The van der Waals surface area contributed by atoms with E-state index in [0.717, 1.165) is 29.1 Å². The molecule has 0 amide bonds. The van der Waals surface area contributed by atoms with Crippen LogP contribution in [0.2, 0.25) is 0 Å². The Kier molecular flexibility index (Phi) is 5.92. The fourth-order valence-corrected chi connectivity index (χ4v) is 4.95. The van der Waals surface area contributed by atoms with E-state index in [1.54, 1.807) is 11.3 Å². The first-order valence-corrected chi connectivity index (χ1v) is 11.6. The molecule has 3 N–H and O–H groups in total. The lowest BCUT2D eigenvalue weighted by molar-refractivity contribution is 0.698. The van der Waals surface area contributed by atoms with Crippen LogP contribution in [-0.2, 0) is 6.42 Å². The molecule has 3 aromatic heterocycles. The maximum Gasteiger partial charge on any atom is 0.126 e. The third kappa shape index (κ3) is 4.40. The molecule has 0 aliphatic carbocycles. The van der Waals surface area contributed by atoms with E-state index in [9.17, 15) is 0 Å². The van der Waals surface area contributed by atoms with Crippen molar-refractivity contribution in [3.63, 3.8) is 0 Å². The Bertz CT molecular complexity index is 1320. The van der Waals surface area contributed by atoms with Crippen LogP contribution in [0, 0.1) is 0 Å². The molecule has 158 valence electrons. The Morgan fingerprint density at radius 3 is 2.50 bits per heavy atom. The van der Waals surface area contributed by atoms with Crippen molar-refractivity contribution in [1.29, 1.82) is 0 Å². The predicted octanol–water partition coefficient (Wildman–Crippen LogP) is 6.01. The summed E-state index contributed by atoms with van der Waals surface area (Å²) >= 11 is 1.75. The molecule has 32 heavy (non-hydrogen) atoms. The molecule has 5 aromatic rings. The average molecular weight is 437 g/mol. The fraction of sp³-hybridized carbons (Fsp3) is 0.111. The maximum absolute atomic E-state index is 6.38. The van der Waals surface area contributed by atoms with Gasteiger partial charge in [0.25, 0.3) is 0 Å². The Hall–Kier alpha value is -3.54. The van der Waals surface area contributed by atoms with Gasteiger partial charge in [-0.05, 0) is 47.0 Å². The van der Waals surface area contributed by atoms with Crippen molar-refractivity contribution in [1.82, 2.24) is 9.97 Å². The summed E-state index contributed by atoms with van der Waals surface area (Å²) in [6.45, 7) is 0.652. The molecule has 3 heterocycles. The first-order chi connectivity index (χ1) is 15.8. The second-order valence-corrected chi connectivity index (χ2v) is 8.69. The number of nitrogens with two attached hydrogens (primary N) is 1. The Balaban J connectivity index is 1.44. The highest BCUT2D eigenvalue weighted by Gasteiger charge is 2.15. The average Bonchev–Trinajstić information content (AvgIpc) is 3.28. The van der Waals surface area contributed by atoms with Gasteiger partial charge in [0.15, 0.2) is 0 Å². The highest BCUT2D eigenvalue weighted by molar-refractivity contribution is 7.15. The molecule has 0 saturated carbocycles. The summed E-state index contributed by atoms with van der Waals surface area (Å²) < 4.78 is 0. The van der Waals surface area contributed by atoms with Gasteiger partial charge in [0, 0.05) is 46.4 Å². The van der Waals surface area contributed by atoms with Gasteiger partial charge in [-0.25, -0.2) is 4.98 Å². The van der Waals surface area contributed by atoms with Gasteiger partial charge in [-0.3, -0.25) is 4.98 Å². The van der Waals surface area contributed by atoms with Gasteiger partial charge in [-0.1, -0.05) is 54.6 Å². The van der Waals surface area contributed by atoms with Crippen molar-refractivity contribution in [3.05, 3.63) is 102 Å². The van der Waals surface area contributed by atoms with Crippen LogP contribution in [0.4, 0.5) is 5.82 Å². The number of anilines is 1. The zero-order chi connectivity index (χ0) is 21.8. The topological polar surface area (TPSA) is 63.8 Å². The molecule has 0 aliphatic heterocycles. The molecule has 0 saturated heterocycles. The van der Waals surface area contributed by atoms with Crippen LogP contribution in [0.1, 0.15) is 5.56 Å². The molecule has 4 nitrogen and oxygen atoms in total. The summed E-state index contributed by atoms with van der Waals surface area (Å²) in [5.41, 5.74) is 10.7. The molecule has 1 atom stereocenters. The second kappa shape index (κ2) is 9.30. The number of thiophene rings is 1. The minimum Gasteiger partial charge on any atom is -0.368 e. The van der Waals surface area contributed by atoms with Gasteiger partial charge in [-0.2, -0.15) is 0 Å². The van der Waals surface area contributed by atoms with Crippen molar-refractivity contribution in [2.75, 3.05) is 11.9 Å². The van der Waals surface area contributed by atoms with Crippen LogP contribution in [0.5, 0.6) is 0 Å². The molecule has 2 aromatic carbocycles. The van der Waals surface area contributed by atoms with Gasteiger partial charge in [0.2, 0.25) is 0 Å². The largest absolute Gasteiger partial charge is 0.368 e. The first-order valence-electron chi connectivity index (χ1n) is 10.7. The Morgan fingerprint density at radius 1 is 0.875 bits per heavy atom. The van der Waals surface area contributed by atoms with E-state index in [0.29, 0.717) is 6.54 Å². The van der Waals surface area contributed by atoms with Gasteiger partial charge < -0.3 is 11.1 Å². The molecule has 5 rings (SSSR count). The summed E-state index contributed by atoms with van der Waals surface area (Å²) in [6.07, 6.45) is 4.44. The monoisotopic (exact) mass is 436 g/mol. The third-order valence-corrected chi connectivity index (χ3v) is 6.54. The molecule has 0 bridgehead atoms. The molecular weight excluding hydrogens is 412 g/mol. The van der Waals surface area contributed by atoms with Crippen LogP contribution in [0.15, 0.2) is 96.6 Å². The highest BCUT2D eigenvalue weighted by Crippen LogP contribution is 2.39. The molecule has 0 aliphatic rings. The number of hydrogen-bond donors (Lipinski definition) is 2. The third-order valence-electron chi connectivity index (χ3n) is 5.49. The molecule has 0 unspecified atom stereocenters. The zero-order valence-electron chi connectivity index (χ0n) is 17.6. The van der Waals surface area contributed by atoms with E-state index in [2.05, 4.69) is 58.1 Å². The number of nitrogens with zero attached hydrogens (tertiary/aromatic N) is 2. The lowest BCUT2D eigenvalue weighted by atomic mass is 10.0. The van der Waals surface area contributed by atoms with Crippen LogP contribution >= 0.6 is 11.3 Å². The van der Waals surface area contributed by atoms with Crippen LogP contribution in [-0.4, -0.2) is 22.6 Å². The molecule has 0 spiro atoms. The predicted molar refractivity (Wildman–Crippen MR) is 135 cm³/mol. The Morgan fingerprint density at radius 2 is 1.66 bits per heavy atom. The number of fused-ring (bicyclic) bond motifs is 1. The highest BCUT2D eigenvalue weighted by atomic mass is 32.1. The Labute approximate surface area is 191 Å². The van der Waals surface area contributed by atoms with E-state index in [1.807, 2.05) is 48.8 Å². The van der Waals surface area contributed by atoms with Gasteiger partial charge in [-0.15, -0.1) is 11.3 Å². The zero-order valence-corrected chi connectivity index (χ0v) is 18.4. The van der Waals surface area contributed by atoms with E-state index < -0.39 is 0 Å². The lowest BCUT2D eigenvalue weighted by Gasteiger charge is -2.15. The number of hydrogen-bond acceptors (Lipinski definition) is 5. The van der Waals surface area contributed by atoms with E-state index in [-0.39, 0.29) is 6.04 Å². The number of nitrogens with one attached hydrogen (secondary N) is 1. The van der Waals surface area contributed by atoms with Crippen LogP contribution in [0.25, 0.3) is 32.5 Å². The minimum absolute atomic E-state index is 0.00416. The number of benzene rings is 2. The van der Waals surface area contributed by atoms with E-state index in [1.165, 1.54) is 21.2 Å². The fourth-order valence-electron chi connectivity index (χ4n) is 3.90. The molecule has 0 fully saturated rings. The van der Waals surface area contributed by atoms with Gasteiger partial charge in [0.05, 0.1) is 5.69 Å². The van der Waals surface area contributed by atoms with Gasteiger partial charge >= 0.3 is 0 Å². The van der Waals surface area contributed by atoms with Gasteiger partial charge in [0.1, 0.15) is 5.82 Å². The maximum atomic E-state index is 6.38. The van der Waals surface area contributed by atoms with Crippen molar-refractivity contribution < 1.29 is 0 Å². The van der Waals surface area contributed by atoms with E-state index in [4.69, 9.17) is 10.7 Å². The van der Waals surface area contributed by atoms with Crippen LogP contribution < -0.4 is 11.1 Å². The minimum atomic E-state index is 0.00416. The molecule has 0 radical (unpaired) electrons. The smallest absolute Gasteiger partial charge is 0.126 e. The normalized spacial score (nSPS) is 12.0. The SMILES string of the molecule is N[C@H](CNc1ccc(-c2scc3ccccc23)c(-c2ccncc2)n1)Cc1ccccc1. The summed E-state index contributed by atoms with van der Waals surface area (Å²) in [6, 6.07) is 27.0. The number of aromatic nitrogens is 2. The molecular formula is C27H24N4S. The summed E-state index contributed by atoms with van der Waals surface area (Å²) in [4.78, 5) is 10.4. The van der Waals surface area contributed by atoms with Crippen molar-refractivity contribution in [2.24, 2.45) is 5.73 Å². The molecule has 5 heteroatoms. The number of pyridine rings is 2. The standard InChI is InChI=1S/C27H24N4S/c28-22(16-19-6-2-1-3-7-19)17-30-25-11-10-24(26(31-25)20-12-14-29-15-13-20)27-23-9-5-4-8-21(23)18-32-27/h1-15,18,22H,16-17,28H2,(H,30,31)/t22-/m0/s1. The number of rotatable bonds is 7. The summed E-state index contributed by atoms with van der Waals surface area (Å²) in [5, 5.41) is 8.14. The lowest BCUT2D eigenvalue weighted by Crippen LogP contribution is -2.31. The van der Waals surface area contributed by atoms with Crippen molar-refractivity contribution in [2.45, 2.75) is 12.5 Å². The quantitative estimate of drug-likeness (QED) is 0.328. The summed E-state index contributed by atoms with van der Waals surface area (Å²) in [7, 11) is 0. The first kappa shape index (κ1) is 20.4. The second-order valence-electron chi connectivity index (χ2n) is 7.81.